The summed E-state index contributed by atoms with van der Waals surface area (Å²) in [5, 5.41) is 8.38. The van der Waals surface area contributed by atoms with Gasteiger partial charge in [-0.1, -0.05) is 11.6 Å². The average Bonchev–Trinajstić information content (AvgIpc) is 2.79. The molecule has 0 bridgehead atoms. The highest BCUT2D eigenvalue weighted by Gasteiger charge is 2.11. The number of halogens is 1. The number of urea groups is 1. The minimum Gasteiger partial charge on any atom is -0.306 e. The molecular formula is C16H18ClN7O. The maximum absolute atomic E-state index is 12.0. The van der Waals surface area contributed by atoms with Crippen LogP contribution in [-0.4, -0.2) is 25.8 Å². The Kier molecular flexibility index (Phi) is 4.45. The molecule has 0 radical (unpaired) electrons. The zero-order chi connectivity index (χ0) is 18.1. The molecule has 3 rings (SSSR count). The Labute approximate surface area is 149 Å². The third kappa shape index (κ3) is 3.63. The van der Waals surface area contributed by atoms with Crippen LogP contribution in [0.2, 0.25) is 5.15 Å². The number of aromatic nitrogens is 4. The van der Waals surface area contributed by atoms with Crippen molar-refractivity contribution >= 4 is 40.2 Å². The topological polar surface area (TPSA) is 96.8 Å². The summed E-state index contributed by atoms with van der Waals surface area (Å²) < 4.78 is 1.71. The lowest BCUT2D eigenvalue weighted by Crippen LogP contribution is -2.34. The molecule has 0 aliphatic heterocycles. The van der Waals surface area contributed by atoms with Crippen LogP contribution in [0.5, 0.6) is 0 Å². The van der Waals surface area contributed by atoms with E-state index < -0.39 is 6.03 Å². The summed E-state index contributed by atoms with van der Waals surface area (Å²) in [5.41, 5.74) is 9.31. The van der Waals surface area contributed by atoms with E-state index in [1.54, 1.807) is 23.7 Å². The molecule has 0 aromatic carbocycles. The van der Waals surface area contributed by atoms with Crippen LogP contribution in [0.3, 0.4) is 0 Å². The van der Waals surface area contributed by atoms with Crippen molar-refractivity contribution < 1.29 is 4.79 Å². The van der Waals surface area contributed by atoms with Crippen LogP contribution < -0.4 is 16.2 Å². The smallest absolute Gasteiger partial charge is 0.306 e. The molecule has 3 aromatic heterocycles. The Hall–Kier alpha value is -2.87. The van der Waals surface area contributed by atoms with E-state index in [4.69, 9.17) is 11.6 Å². The number of hydrogen-bond donors (Lipinski definition) is 3. The first-order chi connectivity index (χ1) is 11.8. The van der Waals surface area contributed by atoms with E-state index in [0.717, 1.165) is 22.3 Å². The predicted octanol–water partition coefficient (Wildman–Crippen LogP) is 3.09. The highest BCUT2D eigenvalue weighted by atomic mass is 35.5. The molecule has 0 atom stereocenters. The first kappa shape index (κ1) is 17.0. The number of hydrogen-bond acceptors (Lipinski definition) is 5. The summed E-state index contributed by atoms with van der Waals surface area (Å²) in [6.07, 6.45) is 0. The third-order valence-electron chi connectivity index (χ3n) is 3.65. The molecule has 0 aliphatic carbocycles. The number of rotatable bonds is 3. The minimum absolute atomic E-state index is 0.317. The van der Waals surface area contributed by atoms with Crippen molar-refractivity contribution in [2.45, 2.75) is 20.8 Å². The highest BCUT2D eigenvalue weighted by Crippen LogP contribution is 2.22. The number of nitrogens with zero attached hydrogens (tertiary/aromatic N) is 4. The van der Waals surface area contributed by atoms with Crippen molar-refractivity contribution in [1.29, 1.82) is 0 Å². The van der Waals surface area contributed by atoms with E-state index >= 15 is 0 Å². The Bertz CT molecular complexity index is 947. The van der Waals surface area contributed by atoms with Crippen molar-refractivity contribution in [3.8, 4) is 0 Å². The third-order valence-corrected chi connectivity index (χ3v) is 3.84. The van der Waals surface area contributed by atoms with Crippen molar-refractivity contribution in [3.63, 3.8) is 0 Å². The lowest BCUT2D eigenvalue weighted by atomic mass is 10.1. The van der Waals surface area contributed by atoms with E-state index in [9.17, 15) is 4.79 Å². The number of anilines is 2. The fourth-order valence-corrected chi connectivity index (χ4v) is 2.96. The van der Waals surface area contributed by atoms with Gasteiger partial charge in [-0.3, -0.25) is 15.5 Å². The number of pyridine rings is 2. The maximum Gasteiger partial charge on any atom is 0.337 e. The Morgan fingerprint density at radius 2 is 1.92 bits per heavy atom. The Morgan fingerprint density at radius 1 is 1.16 bits per heavy atom. The summed E-state index contributed by atoms with van der Waals surface area (Å²) in [4.78, 5) is 20.6. The minimum atomic E-state index is -0.442. The van der Waals surface area contributed by atoms with Crippen LogP contribution in [0.1, 0.15) is 17.0 Å². The maximum atomic E-state index is 12.0. The van der Waals surface area contributed by atoms with E-state index in [-0.39, 0.29) is 0 Å². The van der Waals surface area contributed by atoms with E-state index in [1.165, 1.54) is 0 Å². The monoisotopic (exact) mass is 359 g/mol. The molecule has 0 saturated heterocycles. The summed E-state index contributed by atoms with van der Waals surface area (Å²) in [5.74, 6) is 0.520. The molecule has 3 N–H and O–H groups in total. The molecule has 8 nitrogen and oxygen atoms in total. The second kappa shape index (κ2) is 6.56. The first-order valence-corrected chi connectivity index (χ1v) is 7.99. The number of fused-ring (bicyclic) bond motifs is 1. The number of carbonyl (C=O) groups excluding carboxylic acids is 1. The average molecular weight is 360 g/mol. The van der Waals surface area contributed by atoms with E-state index in [2.05, 4.69) is 31.2 Å². The fraction of sp³-hybridized carbons (Fsp3) is 0.250. The predicted molar refractivity (Wildman–Crippen MR) is 97.7 cm³/mol. The number of amides is 2. The second-order valence-corrected chi connectivity index (χ2v) is 6.14. The zero-order valence-electron chi connectivity index (χ0n) is 14.3. The standard InChI is InChI=1S/C16H18ClN7O/c1-8-5-13(20-15-14(8)10(3)23-24(15)4)21-22-16(25)19-11-6-9(2)18-12(17)7-11/h5-7H,1-4H3,(H,20,21)(H2,18,19,22,25). The molecule has 130 valence electrons. The molecule has 2 amide bonds. The normalized spacial score (nSPS) is 10.8. The summed E-state index contributed by atoms with van der Waals surface area (Å²) in [6, 6.07) is 4.70. The van der Waals surface area contributed by atoms with Crippen LogP contribution in [0.4, 0.5) is 16.3 Å². The van der Waals surface area contributed by atoms with Crippen molar-refractivity contribution in [2.24, 2.45) is 7.05 Å². The number of nitrogens with one attached hydrogen (secondary N) is 3. The van der Waals surface area contributed by atoms with Crippen molar-refractivity contribution in [3.05, 3.63) is 40.3 Å². The molecule has 3 aromatic rings. The summed E-state index contributed by atoms with van der Waals surface area (Å²) in [7, 11) is 1.83. The molecule has 0 spiro atoms. The molecule has 25 heavy (non-hydrogen) atoms. The van der Waals surface area contributed by atoms with Gasteiger partial charge in [-0.05, 0) is 44.5 Å². The molecule has 0 aliphatic rings. The zero-order valence-corrected chi connectivity index (χ0v) is 15.1. The largest absolute Gasteiger partial charge is 0.337 e. The van der Waals surface area contributed by atoms with Gasteiger partial charge in [0, 0.05) is 23.8 Å². The number of carbonyl (C=O) groups is 1. The molecule has 3 heterocycles. The number of hydrazine groups is 1. The molecule has 0 fully saturated rings. The van der Waals surface area contributed by atoms with Gasteiger partial charge in [-0.15, -0.1) is 0 Å². The van der Waals surface area contributed by atoms with Crippen LogP contribution in [0.15, 0.2) is 18.2 Å². The van der Waals surface area contributed by atoms with E-state index in [0.29, 0.717) is 22.4 Å². The van der Waals surface area contributed by atoms with Gasteiger partial charge in [-0.25, -0.2) is 14.8 Å². The number of aryl methyl sites for hydroxylation is 4. The first-order valence-electron chi connectivity index (χ1n) is 7.61. The quantitative estimate of drug-likeness (QED) is 0.493. The highest BCUT2D eigenvalue weighted by molar-refractivity contribution is 6.29. The SMILES string of the molecule is Cc1cc(NC(=O)NNc2cc(C)c3c(C)nn(C)c3n2)cc(Cl)n1. The lowest BCUT2D eigenvalue weighted by molar-refractivity contribution is 0.254. The van der Waals surface area contributed by atoms with Gasteiger partial charge in [0.25, 0.3) is 0 Å². The Morgan fingerprint density at radius 3 is 2.64 bits per heavy atom. The van der Waals surface area contributed by atoms with Gasteiger partial charge in [0.1, 0.15) is 11.0 Å². The van der Waals surface area contributed by atoms with Gasteiger partial charge < -0.3 is 5.32 Å². The van der Waals surface area contributed by atoms with Crippen LogP contribution in [0, 0.1) is 20.8 Å². The lowest BCUT2D eigenvalue weighted by Gasteiger charge is -2.11. The molecule has 0 unspecified atom stereocenters. The van der Waals surface area contributed by atoms with Gasteiger partial charge >= 0.3 is 6.03 Å². The Balaban J connectivity index is 1.72. The van der Waals surface area contributed by atoms with Crippen molar-refractivity contribution in [1.82, 2.24) is 25.2 Å². The van der Waals surface area contributed by atoms with Crippen molar-refractivity contribution in [2.75, 3.05) is 10.7 Å². The molecule has 0 saturated carbocycles. The van der Waals surface area contributed by atoms with Crippen LogP contribution >= 0.6 is 11.6 Å². The van der Waals surface area contributed by atoms with E-state index in [1.807, 2.05) is 27.0 Å². The van der Waals surface area contributed by atoms with Gasteiger partial charge in [0.2, 0.25) is 0 Å². The fourth-order valence-electron chi connectivity index (χ4n) is 2.71. The second-order valence-electron chi connectivity index (χ2n) is 5.76. The van der Waals surface area contributed by atoms with Gasteiger partial charge in [0.05, 0.1) is 5.69 Å². The molecular weight excluding hydrogens is 342 g/mol. The van der Waals surface area contributed by atoms with Gasteiger partial charge in [-0.2, -0.15) is 5.10 Å². The van der Waals surface area contributed by atoms with Gasteiger partial charge in [0.15, 0.2) is 5.65 Å². The summed E-state index contributed by atoms with van der Waals surface area (Å²) >= 11 is 5.88. The van der Waals surface area contributed by atoms with Crippen LogP contribution in [-0.2, 0) is 7.05 Å². The van der Waals surface area contributed by atoms with Crippen LogP contribution in [0.25, 0.3) is 11.0 Å². The molecule has 9 heteroatoms. The summed E-state index contributed by atoms with van der Waals surface area (Å²) in [6.45, 7) is 5.72.